The summed E-state index contributed by atoms with van der Waals surface area (Å²) >= 11 is 0. The predicted octanol–water partition coefficient (Wildman–Crippen LogP) is 2.86. The van der Waals surface area contributed by atoms with Crippen molar-refractivity contribution in [1.29, 1.82) is 0 Å². The maximum atomic E-state index is 5.74. The summed E-state index contributed by atoms with van der Waals surface area (Å²) in [5.41, 5.74) is 4.55. The second-order valence-electron chi connectivity index (χ2n) is 7.58. The molecular weight excluding hydrogens is 352 g/mol. The Morgan fingerprint density at radius 1 is 1.25 bits per heavy atom. The average Bonchev–Trinajstić information content (AvgIpc) is 3.24. The van der Waals surface area contributed by atoms with E-state index in [1.165, 1.54) is 11.1 Å². The Morgan fingerprint density at radius 2 is 2.21 bits per heavy atom. The molecule has 1 unspecified atom stereocenters. The highest BCUT2D eigenvalue weighted by molar-refractivity contribution is 5.64. The van der Waals surface area contributed by atoms with Crippen LogP contribution in [-0.2, 0) is 13.0 Å². The van der Waals surface area contributed by atoms with Crippen LogP contribution >= 0.6 is 0 Å². The second-order valence-corrected chi connectivity index (χ2v) is 7.58. The number of hydrogen-bond acceptors (Lipinski definition) is 7. The van der Waals surface area contributed by atoms with Gasteiger partial charge in [0.1, 0.15) is 5.82 Å². The molecule has 5 heterocycles. The third kappa shape index (κ3) is 3.16. The van der Waals surface area contributed by atoms with E-state index in [0.717, 1.165) is 68.4 Å². The van der Waals surface area contributed by atoms with Gasteiger partial charge in [-0.15, -0.1) is 0 Å². The number of nitrogens with zero attached hydrogens (tertiary/aromatic N) is 5. The van der Waals surface area contributed by atoms with E-state index in [1.807, 2.05) is 31.5 Å². The molecule has 0 spiro atoms. The minimum Gasteiger partial charge on any atom is -0.356 e. The van der Waals surface area contributed by atoms with Gasteiger partial charge in [0.05, 0.1) is 5.92 Å². The molecule has 0 bridgehead atoms. The number of rotatable bonds is 3. The molecule has 1 saturated heterocycles. The fraction of sp³-hybridized carbons (Fsp3) is 0.429. The van der Waals surface area contributed by atoms with Crippen molar-refractivity contribution in [2.24, 2.45) is 0 Å². The zero-order valence-electron chi connectivity index (χ0n) is 16.1. The second kappa shape index (κ2) is 7.31. The van der Waals surface area contributed by atoms with Crippen LogP contribution in [0.2, 0.25) is 0 Å². The fourth-order valence-electron chi connectivity index (χ4n) is 4.30. The quantitative estimate of drug-likeness (QED) is 0.753. The summed E-state index contributed by atoms with van der Waals surface area (Å²) in [5, 5.41) is 7.75. The first-order chi connectivity index (χ1) is 13.8. The number of nitrogens with one attached hydrogen (secondary N) is 1. The molecule has 0 aromatic carbocycles. The van der Waals surface area contributed by atoms with E-state index in [1.54, 1.807) is 0 Å². The highest BCUT2D eigenvalue weighted by Gasteiger charge is 2.28. The van der Waals surface area contributed by atoms with Crippen molar-refractivity contribution in [2.45, 2.75) is 38.6 Å². The van der Waals surface area contributed by atoms with Gasteiger partial charge in [0, 0.05) is 43.3 Å². The molecule has 2 aliphatic heterocycles. The van der Waals surface area contributed by atoms with Gasteiger partial charge in [-0.3, -0.25) is 4.98 Å². The van der Waals surface area contributed by atoms with Crippen LogP contribution in [0.5, 0.6) is 0 Å². The summed E-state index contributed by atoms with van der Waals surface area (Å²) in [5.74, 6) is 2.64. The molecular formula is C21H24N6O. The summed E-state index contributed by atoms with van der Waals surface area (Å²) in [4.78, 5) is 16.2. The lowest BCUT2D eigenvalue weighted by atomic mass is 9.95. The van der Waals surface area contributed by atoms with Crippen molar-refractivity contribution < 1.29 is 4.52 Å². The van der Waals surface area contributed by atoms with Gasteiger partial charge in [0.2, 0.25) is 11.7 Å². The van der Waals surface area contributed by atoms with Crippen molar-refractivity contribution in [3.05, 3.63) is 53.3 Å². The topological polar surface area (TPSA) is 80.0 Å². The lowest BCUT2D eigenvalue weighted by Crippen LogP contribution is -2.35. The van der Waals surface area contributed by atoms with Gasteiger partial charge in [-0.2, -0.15) is 4.98 Å². The van der Waals surface area contributed by atoms with Crippen LogP contribution in [0.25, 0.3) is 11.4 Å². The molecule has 7 heteroatoms. The van der Waals surface area contributed by atoms with E-state index < -0.39 is 0 Å². The Kier molecular flexibility index (Phi) is 4.52. The van der Waals surface area contributed by atoms with E-state index in [-0.39, 0.29) is 5.92 Å². The number of anilines is 1. The third-order valence-corrected chi connectivity index (χ3v) is 5.74. The minimum absolute atomic E-state index is 0.228. The lowest BCUT2D eigenvalue weighted by molar-refractivity contribution is 0.333. The van der Waals surface area contributed by atoms with Gasteiger partial charge < -0.3 is 14.7 Å². The van der Waals surface area contributed by atoms with Crippen LogP contribution in [-0.4, -0.2) is 39.7 Å². The number of hydrogen-bond donors (Lipinski definition) is 1. The maximum absolute atomic E-state index is 5.74. The standard InChI is InChI=1S/C21H24N6O/c1-14-19(17-7-9-22-11-16(17)12-24-14)20-25-21(28-26-20)15-5-4-10-27(13-15)18-6-2-3-8-23-18/h2-3,6,8,12,15,22H,4-5,7,9-11,13H2,1H3. The lowest BCUT2D eigenvalue weighted by Gasteiger charge is -2.31. The first kappa shape index (κ1) is 17.3. The Balaban J connectivity index is 1.43. The molecule has 3 aromatic rings. The molecule has 0 amide bonds. The number of pyridine rings is 2. The first-order valence-electron chi connectivity index (χ1n) is 9.97. The highest BCUT2D eigenvalue weighted by Crippen LogP contribution is 2.32. The smallest absolute Gasteiger partial charge is 0.231 e. The summed E-state index contributed by atoms with van der Waals surface area (Å²) in [6.07, 6.45) is 6.92. The maximum Gasteiger partial charge on any atom is 0.231 e. The van der Waals surface area contributed by atoms with Crippen LogP contribution in [0.4, 0.5) is 5.82 Å². The van der Waals surface area contributed by atoms with Gasteiger partial charge in [0.25, 0.3) is 0 Å². The van der Waals surface area contributed by atoms with Gasteiger partial charge in [-0.05, 0) is 56.0 Å². The zero-order chi connectivity index (χ0) is 18.9. The van der Waals surface area contributed by atoms with Crippen LogP contribution in [0.3, 0.4) is 0 Å². The van der Waals surface area contributed by atoms with E-state index in [2.05, 4.69) is 31.4 Å². The molecule has 144 valence electrons. The Morgan fingerprint density at radius 3 is 3.11 bits per heavy atom. The van der Waals surface area contributed by atoms with Crippen molar-refractivity contribution >= 4 is 5.82 Å². The van der Waals surface area contributed by atoms with Gasteiger partial charge in [0.15, 0.2) is 0 Å². The molecule has 0 aliphatic carbocycles. The molecule has 1 atom stereocenters. The molecule has 28 heavy (non-hydrogen) atoms. The van der Waals surface area contributed by atoms with E-state index in [0.29, 0.717) is 5.82 Å². The van der Waals surface area contributed by atoms with Crippen molar-refractivity contribution in [1.82, 2.24) is 25.4 Å². The Hall–Kier alpha value is -2.80. The van der Waals surface area contributed by atoms with Gasteiger partial charge in [-0.25, -0.2) is 4.98 Å². The van der Waals surface area contributed by atoms with Crippen LogP contribution < -0.4 is 10.2 Å². The Bertz CT molecular complexity index is 970. The molecule has 7 nitrogen and oxygen atoms in total. The first-order valence-corrected chi connectivity index (χ1v) is 9.97. The van der Waals surface area contributed by atoms with Crippen LogP contribution in [0, 0.1) is 6.92 Å². The summed E-state index contributed by atoms with van der Waals surface area (Å²) in [6.45, 7) is 5.71. The largest absolute Gasteiger partial charge is 0.356 e. The fourth-order valence-corrected chi connectivity index (χ4v) is 4.30. The third-order valence-electron chi connectivity index (χ3n) is 5.74. The Labute approximate surface area is 164 Å². The van der Waals surface area contributed by atoms with E-state index >= 15 is 0 Å². The monoisotopic (exact) mass is 376 g/mol. The molecule has 0 radical (unpaired) electrons. The molecule has 0 saturated carbocycles. The summed E-state index contributed by atoms with van der Waals surface area (Å²) < 4.78 is 5.74. The molecule has 5 rings (SSSR count). The van der Waals surface area contributed by atoms with Gasteiger partial charge >= 0.3 is 0 Å². The summed E-state index contributed by atoms with van der Waals surface area (Å²) in [6, 6.07) is 6.03. The molecule has 3 aromatic heterocycles. The van der Waals surface area contributed by atoms with Crippen LogP contribution in [0.1, 0.15) is 41.5 Å². The molecule has 1 N–H and O–H groups in total. The number of fused-ring (bicyclic) bond motifs is 1. The van der Waals surface area contributed by atoms with Crippen LogP contribution in [0.15, 0.2) is 35.1 Å². The molecule has 2 aliphatic rings. The van der Waals surface area contributed by atoms with Crippen molar-refractivity contribution in [3.63, 3.8) is 0 Å². The zero-order valence-corrected chi connectivity index (χ0v) is 16.1. The van der Waals surface area contributed by atoms with Gasteiger partial charge in [-0.1, -0.05) is 11.2 Å². The molecule has 1 fully saturated rings. The minimum atomic E-state index is 0.228. The number of aryl methyl sites for hydroxylation is 1. The summed E-state index contributed by atoms with van der Waals surface area (Å²) in [7, 11) is 0. The number of piperidine rings is 1. The van der Waals surface area contributed by atoms with Crippen molar-refractivity contribution in [3.8, 4) is 11.4 Å². The van der Waals surface area contributed by atoms with Crippen molar-refractivity contribution in [2.75, 3.05) is 24.5 Å². The average molecular weight is 376 g/mol. The van der Waals surface area contributed by atoms with E-state index in [4.69, 9.17) is 9.51 Å². The highest BCUT2D eigenvalue weighted by atomic mass is 16.5. The predicted molar refractivity (Wildman–Crippen MR) is 106 cm³/mol. The van der Waals surface area contributed by atoms with E-state index in [9.17, 15) is 0 Å². The SMILES string of the molecule is Cc1ncc2c(c1-c1noc(C3CCCN(c4ccccn4)C3)n1)CCNC2. The number of aromatic nitrogens is 4. The normalized spacial score (nSPS) is 19.5.